The van der Waals surface area contributed by atoms with Gasteiger partial charge in [-0.15, -0.1) is 0 Å². The summed E-state index contributed by atoms with van der Waals surface area (Å²) in [7, 11) is 0. The molecule has 0 spiro atoms. The molecule has 1 aliphatic heterocycles. The summed E-state index contributed by atoms with van der Waals surface area (Å²) in [6.07, 6.45) is 3.60. The van der Waals surface area contributed by atoms with Crippen LogP contribution in [-0.2, 0) is 9.59 Å². The number of aliphatic hydroxyl groups is 3. The molecular weight excluding hydrogens is 550 g/mol. The van der Waals surface area contributed by atoms with Crippen LogP contribution < -0.4 is 4.90 Å². The van der Waals surface area contributed by atoms with Crippen molar-refractivity contribution in [2.24, 2.45) is 17.8 Å². The first-order chi connectivity index (χ1) is 18.3. The van der Waals surface area contributed by atoms with Gasteiger partial charge in [0.25, 0.3) is 0 Å². The predicted molar refractivity (Wildman–Crippen MR) is 149 cm³/mol. The third kappa shape index (κ3) is 5.64. The van der Waals surface area contributed by atoms with Crippen LogP contribution in [0.15, 0.2) is 69.7 Å². The van der Waals surface area contributed by atoms with Gasteiger partial charge in [-0.2, -0.15) is 0 Å². The van der Waals surface area contributed by atoms with Crippen molar-refractivity contribution in [1.82, 2.24) is 0 Å². The Morgan fingerprint density at radius 3 is 2.50 bits per heavy atom. The van der Waals surface area contributed by atoms with Crippen LogP contribution in [0.5, 0.6) is 5.75 Å². The lowest BCUT2D eigenvalue weighted by atomic mass is 9.68. The fourth-order valence-corrected chi connectivity index (χ4v) is 6.24. The molecule has 0 saturated carbocycles. The van der Waals surface area contributed by atoms with E-state index in [1.165, 1.54) is 4.90 Å². The lowest BCUT2D eigenvalue weighted by Gasteiger charge is -2.36. The lowest BCUT2D eigenvalue weighted by molar-refractivity contribution is -0.123. The van der Waals surface area contributed by atoms with Crippen LogP contribution in [-0.4, -0.2) is 51.6 Å². The van der Waals surface area contributed by atoms with Gasteiger partial charge in [0.1, 0.15) is 5.75 Å². The number of aliphatic hydroxyl groups excluding tert-OH is 3. The zero-order valence-electron chi connectivity index (χ0n) is 21.4. The number of amides is 2. The molecule has 1 heterocycles. The number of hydrogen-bond donors (Lipinski definition) is 4. The molecule has 2 aromatic carbocycles. The van der Waals surface area contributed by atoms with Gasteiger partial charge in [0.05, 0.1) is 36.8 Å². The van der Waals surface area contributed by atoms with Crippen LogP contribution in [0.4, 0.5) is 5.69 Å². The summed E-state index contributed by atoms with van der Waals surface area (Å²) in [4.78, 5) is 28.0. The molecule has 1 aliphatic carbocycles. The van der Waals surface area contributed by atoms with E-state index in [9.17, 15) is 30.0 Å². The Labute approximate surface area is 231 Å². The van der Waals surface area contributed by atoms with Crippen molar-refractivity contribution in [3.8, 4) is 5.75 Å². The van der Waals surface area contributed by atoms with Crippen LogP contribution in [0.2, 0.25) is 0 Å². The van der Waals surface area contributed by atoms with Crippen LogP contribution in [0.1, 0.15) is 44.6 Å². The van der Waals surface area contributed by atoms with E-state index in [1.54, 1.807) is 42.5 Å². The first-order valence-electron chi connectivity index (χ1n) is 13.0. The third-order valence-corrected chi connectivity index (χ3v) is 8.10. The Kier molecular flexibility index (Phi) is 9.20. The number of para-hydroxylation sites is 1. The maximum atomic E-state index is 13.5. The number of hydrogen-bond acceptors (Lipinski definition) is 6. The zero-order chi connectivity index (χ0) is 27.4. The number of rotatable bonds is 10. The van der Waals surface area contributed by atoms with E-state index in [0.29, 0.717) is 35.2 Å². The Morgan fingerprint density at radius 2 is 1.84 bits per heavy atom. The topological polar surface area (TPSA) is 118 Å². The third-order valence-electron chi connectivity index (χ3n) is 7.60. The zero-order valence-corrected chi connectivity index (χ0v) is 23.0. The summed E-state index contributed by atoms with van der Waals surface area (Å²) in [5.41, 5.74) is 3.18. The van der Waals surface area contributed by atoms with Gasteiger partial charge in [-0.3, -0.25) is 14.5 Å². The molecule has 202 valence electrons. The molecule has 4 rings (SSSR count). The molecule has 38 heavy (non-hydrogen) atoms. The summed E-state index contributed by atoms with van der Waals surface area (Å²) in [6.45, 7) is 1.28. The standard InChI is InChI=1S/C30H34BrNO6/c1-2-6-18(13-19-14-21(31)10-12-25(19)35)9-11-26(36)27-20(16-33)15-23-28(24(27)17-34)30(38)32(29(23)37)22-7-4-3-5-8-22/h3-5,7-8,10,12-14,23-24,26,28,33-36H,2,6,9,11,15-17H2,1H3/b18-13+/t23-,24+,26-,28-/m1/s1. The maximum Gasteiger partial charge on any atom is 0.238 e. The molecule has 1 saturated heterocycles. The van der Waals surface area contributed by atoms with E-state index in [0.717, 1.165) is 22.9 Å². The minimum atomic E-state index is -1.000. The van der Waals surface area contributed by atoms with Crippen molar-refractivity contribution in [2.45, 2.75) is 45.1 Å². The van der Waals surface area contributed by atoms with Crippen LogP contribution in [0.25, 0.3) is 6.08 Å². The molecule has 0 unspecified atom stereocenters. The number of carbonyl (C=O) groups is 2. The van der Waals surface area contributed by atoms with E-state index >= 15 is 0 Å². The Morgan fingerprint density at radius 1 is 1.11 bits per heavy atom. The number of carbonyl (C=O) groups excluding carboxylic acids is 2. The maximum absolute atomic E-state index is 13.5. The number of imide groups is 1. The number of nitrogens with zero attached hydrogens (tertiary/aromatic N) is 1. The average molecular weight is 585 g/mol. The van der Waals surface area contributed by atoms with Gasteiger partial charge >= 0.3 is 0 Å². The van der Waals surface area contributed by atoms with Crippen molar-refractivity contribution >= 4 is 39.5 Å². The number of fused-ring (bicyclic) bond motifs is 1. The van der Waals surface area contributed by atoms with Crippen molar-refractivity contribution in [2.75, 3.05) is 18.1 Å². The van der Waals surface area contributed by atoms with Crippen molar-refractivity contribution in [3.05, 3.63) is 75.3 Å². The highest BCUT2D eigenvalue weighted by molar-refractivity contribution is 9.10. The normalized spacial score (nSPS) is 22.7. The summed E-state index contributed by atoms with van der Waals surface area (Å²) in [5.74, 6) is -2.80. The predicted octanol–water partition coefficient (Wildman–Crippen LogP) is 4.59. The minimum Gasteiger partial charge on any atom is -0.507 e. The second-order valence-electron chi connectivity index (χ2n) is 10.0. The summed E-state index contributed by atoms with van der Waals surface area (Å²) >= 11 is 3.43. The number of benzene rings is 2. The molecule has 0 radical (unpaired) electrons. The van der Waals surface area contributed by atoms with Crippen molar-refractivity contribution in [1.29, 1.82) is 0 Å². The number of phenols is 1. The quantitative estimate of drug-likeness (QED) is 0.240. The van der Waals surface area contributed by atoms with E-state index in [2.05, 4.69) is 22.9 Å². The van der Waals surface area contributed by atoms with Crippen molar-refractivity contribution in [3.63, 3.8) is 0 Å². The highest BCUT2D eigenvalue weighted by atomic mass is 79.9. The van der Waals surface area contributed by atoms with E-state index < -0.39 is 30.5 Å². The Balaban J connectivity index is 1.59. The molecule has 4 N–H and O–H groups in total. The lowest BCUT2D eigenvalue weighted by Crippen LogP contribution is -2.39. The second-order valence-corrected chi connectivity index (χ2v) is 10.9. The van der Waals surface area contributed by atoms with Gasteiger partial charge < -0.3 is 20.4 Å². The van der Waals surface area contributed by atoms with Crippen LogP contribution in [0, 0.1) is 17.8 Å². The molecule has 2 aromatic rings. The fourth-order valence-electron chi connectivity index (χ4n) is 5.87. The number of allylic oxidation sites excluding steroid dienone is 1. The van der Waals surface area contributed by atoms with E-state index in [-0.39, 0.29) is 30.6 Å². The Hall–Kier alpha value is -2.78. The largest absolute Gasteiger partial charge is 0.507 e. The van der Waals surface area contributed by atoms with Crippen molar-refractivity contribution < 1.29 is 30.0 Å². The smallest absolute Gasteiger partial charge is 0.238 e. The minimum absolute atomic E-state index is 0.165. The highest BCUT2D eigenvalue weighted by Gasteiger charge is 2.55. The van der Waals surface area contributed by atoms with Gasteiger partial charge in [0.15, 0.2) is 0 Å². The first-order valence-corrected chi connectivity index (χ1v) is 13.8. The molecule has 7 nitrogen and oxygen atoms in total. The molecule has 0 aromatic heterocycles. The number of anilines is 1. The van der Waals surface area contributed by atoms with Crippen LogP contribution >= 0.6 is 15.9 Å². The Bertz CT molecular complexity index is 1240. The van der Waals surface area contributed by atoms with E-state index in [4.69, 9.17) is 0 Å². The molecule has 2 amide bonds. The molecular formula is C30H34BrNO6. The molecule has 2 aliphatic rings. The fraction of sp³-hybridized carbons (Fsp3) is 0.400. The first kappa shape index (κ1) is 28.2. The monoisotopic (exact) mass is 583 g/mol. The van der Waals surface area contributed by atoms with Gasteiger partial charge in [-0.1, -0.05) is 59.1 Å². The number of aromatic hydroxyl groups is 1. The van der Waals surface area contributed by atoms with E-state index in [1.807, 2.05) is 12.1 Å². The number of halogens is 1. The molecule has 1 fully saturated rings. The van der Waals surface area contributed by atoms with Gasteiger partial charge in [0.2, 0.25) is 11.8 Å². The van der Waals surface area contributed by atoms with Gasteiger partial charge in [0, 0.05) is 16.0 Å². The second kappa shape index (κ2) is 12.4. The molecule has 4 atom stereocenters. The van der Waals surface area contributed by atoms with Gasteiger partial charge in [-0.25, -0.2) is 0 Å². The SMILES string of the molecule is CCC/C(=C\c1cc(Br)ccc1O)CC[C@@H](O)C1=C(CO)C[C@H]2C(=O)N(c3ccccc3)C(=O)[C@H]2[C@H]1CO. The van der Waals surface area contributed by atoms with Crippen LogP contribution in [0.3, 0.4) is 0 Å². The summed E-state index contributed by atoms with van der Waals surface area (Å²) in [5, 5.41) is 42.2. The molecule has 0 bridgehead atoms. The van der Waals surface area contributed by atoms with Gasteiger partial charge in [-0.05, 0) is 67.2 Å². The summed E-state index contributed by atoms with van der Waals surface area (Å²) < 4.78 is 0.845. The summed E-state index contributed by atoms with van der Waals surface area (Å²) in [6, 6.07) is 13.9. The molecule has 8 heteroatoms. The highest BCUT2D eigenvalue weighted by Crippen LogP contribution is 2.47. The average Bonchev–Trinajstić information content (AvgIpc) is 3.17. The number of phenolic OH excluding ortho intramolecular Hbond substituents is 1.